The molecule has 0 amide bonds. The molecule has 0 atom stereocenters. The van der Waals surface area contributed by atoms with Crippen LogP contribution >= 0.6 is 0 Å². The molecule has 1 aromatic heterocycles. The molecular formula is C11H25NO. The first kappa shape index (κ1) is 18.1. The lowest BCUT2D eigenvalue weighted by Gasteiger charge is -1.74. The van der Waals surface area contributed by atoms with Gasteiger partial charge in [0, 0.05) is 5.56 Å². The summed E-state index contributed by atoms with van der Waals surface area (Å²) < 4.78 is 4.59. The summed E-state index contributed by atoms with van der Waals surface area (Å²) in [6.07, 6.45) is 1.63. The second-order valence-corrected chi connectivity index (χ2v) is 1.58. The van der Waals surface area contributed by atoms with E-state index in [9.17, 15) is 0 Å². The molecule has 80 valence electrons. The third kappa shape index (κ3) is 11.2. The van der Waals surface area contributed by atoms with Crippen molar-refractivity contribution in [2.45, 2.75) is 55.4 Å². The molecular weight excluding hydrogens is 162 g/mol. The molecule has 2 heteroatoms. The SMILES string of the molecule is CC.CC.CC.Cc1conc1C. The summed E-state index contributed by atoms with van der Waals surface area (Å²) in [4.78, 5) is 0. The van der Waals surface area contributed by atoms with Crippen molar-refractivity contribution in [1.82, 2.24) is 5.16 Å². The van der Waals surface area contributed by atoms with E-state index >= 15 is 0 Å². The fourth-order valence-electron chi connectivity index (χ4n) is 0.342. The summed E-state index contributed by atoms with van der Waals surface area (Å²) in [6, 6.07) is 0. The Morgan fingerprint density at radius 1 is 0.923 bits per heavy atom. The Hall–Kier alpha value is -0.790. The quantitative estimate of drug-likeness (QED) is 0.602. The van der Waals surface area contributed by atoms with Crippen LogP contribution in [0.2, 0.25) is 0 Å². The van der Waals surface area contributed by atoms with E-state index < -0.39 is 0 Å². The van der Waals surface area contributed by atoms with Crippen LogP contribution in [0.3, 0.4) is 0 Å². The largest absolute Gasteiger partial charge is 0.364 e. The topological polar surface area (TPSA) is 26.0 Å². The summed E-state index contributed by atoms with van der Waals surface area (Å²) in [5.74, 6) is 0. The van der Waals surface area contributed by atoms with Crippen molar-refractivity contribution in [2.75, 3.05) is 0 Å². The van der Waals surface area contributed by atoms with Gasteiger partial charge in [-0.25, -0.2) is 0 Å². The van der Waals surface area contributed by atoms with Gasteiger partial charge in [0.1, 0.15) is 6.26 Å². The number of nitrogens with zero attached hydrogens (tertiary/aromatic N) is 1. The van der Waals surface area contributed by atoms with Crippen LogP contribution in [0.15, 0.2) is 10.8 Å². The van der Waals surface area contributed by atoms with Gasteiger partial charge >= 0.3 is 0 Å². The van der Waals surface area contributed by atoms with Gasteiger partial charge in [-0.2, -0.15) is 0 Å². The molecule has 0 aromatic carbocycles. The van der Waals surface area contributed by atoms with Gasteiger partial charge in [-0.3, -0.25) is 0 Å². The fourth-order valence-corrected chi connectivity index (χ4v) is 0.342. The molecule has 0 bridgehead atoms. The first-order valence-electron chi connectivity index (χ1n) is 5.18. The number of hydrogen-bond acceptors (Lipinski definition) is 2. The average Bonchev–Trinajstić information content (AvgIpc) is 2.61. The van der Waals surface area contributed by atoms with Crippen molar-refractivity contribution in [2.24, 2.45) is 0 Å². The van der Waals surface area contributed by atoms with E-state index in [4.69, 9.17) is 0 Å². The molecule has 0 radical (unpaired) electrons. The highest BCUT2D eigenvalue weighted by atomic mass is 16.5. The van der Waals surface area contributed by atoms with Crippen LogP contribution in [0.5, 0.6) is 0 Å². The molecule has 0 saturated heterocycles. The fraction of sp³-hybridized carbons (Fsp3) is 0.727. The lowest BCUT2D eigenvalue weighted by Crippen LogP contribution is -1.69. The highest BCUT2D eigenvalue weighted by Gasteiger charge is 1.90. The van der Waals surface area contributed by atoms with Crippen molar-refractivity contribution in [1.29, 1.82) is 0 Å². The predicted octanol–water partition coefficient (Wildman–Crippen LogP) is 4.37. The number of aromatic nitrogens is 1. The van der Waals surface area contributed by atoms with Crippen molar-refractivity contribution < 1.29 is 4.52 Å². The second-order valence-electron chi connectivity index (χ2n) is 1.58. The van der Waals surface area contributed by atoms with Crippen LogP contribution in [0.25, 0.3) is 0 Å². The zero-order valence-corrected chi connectivity index (χ0v) is 10.4. The molecule has 0 spiro atoms. The third-order valence-corrected chi connectivity index (χ3v) is 0.990. The molecule has 0 unspecified atom stereocenters. The van der Waals surface area contributed by atoms with E-state index in [0.29, 0.717) is 0 Å². The third-order valence-electron chi connectivity index (χ3n) is 0.990. The Labute approximate surface area is 83.3 Å². The molecule has 0 aliphatic carbocycles. The summed E-state index contributed by atoms with van der Waals surface area (Å²) >= 11 is 0. The van der Waals surface area contributed by atoms with Gasteiger partial charge in [-0.15, -0.1) is 0 Å². The zero-order chi connectivity index (χ0) is 11.3. The average molecular weight is 187 g/mol. The Balaban J connectivity index is -0.000000144. The van der Waals surface area contributed by atoms with E-state index in [1.165, 1.54) is 0 Å². The summed E-state index contributed by atoms with van der Waals surface area (Å²) in [5.41, 5.74) is 2.08. The van der Waals surface area contributed by atoms with Gasteiger partial charge in [-0.1, -0.05) is 46.7 Å². The van der Waals surface area contributed by atoms with Gasteiger partial charge in [0.05, 0.1) is 5.69 Å². The minimum absolute atomic E-state index is 0.972. The summed E-state index contributed by atoms with van der Waals surface area (Å²) in [6.45, 7) is 15.9. The lowest BCUT2D eigenvalue weighted by molar-refractivity contribution is 0.414. The first-order valence-corrected chi connectivity index (χ1v) is 5.18. The van der Waals surface area contributed by atoms with Crippen molar-refractivity contribution in [3.8, 4) is 0 Å². The highest BCUT2D eigenvalue weighted by molar-refractivity contribution is 5.08. The van der Waals surface area contributed by atoms with E-state index in [-0.39, 0.29) is 0 Å². The normalized spacial score (nSPS) is 6.46. The van der Waals surface area contributed by atoms with Crippen molar-refractivity contribution >= 4 is 0 Å². The highest BCUT2D eigenvalue weighted by Crippen LogP contribution is 1.99. The number of rotatable bonds is 0. The molecule has 0 saturated carbocycles. The lowest BCUT2D eigenvalue weighted by atomic mass is 10.3. The van der Waals surface area contributed by atoms with Gasteiger partial charge in [0.2, 0.25) is 0 Å². The molecule has 13 heavy (non-hydrogen) atoms. The van der Waals surface area contributed by atoms with Gasteiger partial charge in [0.25, 0.3) is 0 Å². The monoisotopic (exact) mass is 187 g/mol. The van der Waals surface area contributed by atoms with Crippen LogP contribution in [0, 0.1) is 13.8 Å². The number of aryl methyl sites for hydroxylation is 2. The smallest absolute Gasteiger partial charge is 0.126 e. The first-order chi connectivity index (χ1) is 6.30. The van der Waals surface area contributed by atoms with Gasteiger partial charge in [-0.05, 0) is 13.8 Å². The maximum absolute atomic E-state index is 4.59. The molecule has 0 aliphatic heterocycles. The molecule has 0 aliphatic rings. The molecule has 0 N–H and O–H groups in total. The minimum atomic E-state index is 0.972. The minimum Gasteiger partial charge on any atom is -0.364 e. The van der Waals surface area contributed by atoms with E-state index in [2.05, 4.69) is 9.68 Å². The molecule has 0 fully saturated rings. The predicted molar refractivity (Wildman–Crippen MR) is 60.0 cm³/mol. The van der Waals surface area contributed by atoms with E-state index in [0.717, 1.165) is 11.3 Å². The summed E-state index contributed by atoms with van der Waals surface area (Å²) in [5, 5.41) is 3.64. The molecule has 1 aromatic rings. The van der Waals surface area contributed by atoms with Gasteiger partial charge < -0.3 is 4.52 Å². The van der Waals surface area contributed by atoms with E-state index in [1.54, 1.807) is 6.26 Å². The Kier molecular flexibility index (Phi) is 24.1. The van der Waals surface area contributed by atoms with Crippen molar-refractivity contribution in [3.63, 3.8) is 0 Å². The zero-order valence-electron chi connectivity index (χ0n) is 10.4. The van der Waals surface area contributed by atoms with E-state index in [1.807, 2.05) is 55.4 Å². The van der Waals surface area contributed by atoms with Crippen molar-refractivity contribution in [3.05, 3.63) is 17.5 Å². The Morgan fingerprint density at radius 2 is 1.31 bits per heavy atom. The van der Waals surface area contributed by atoms with Crippen LogP contribution in [-0.2, 0) is 0 Å². The molecule has 1 heterocycles. The Bertz CT molecular complexity index is 142. The van der Waals surface area contributed by atoms with Crippen LogP contribution < -0.4 is 0 Å². The van der Waals surface area contributed by atoms with Gasteiger partial charge in [0.15, 0.2) is 0 Å². The maximum atomic E-state index is 4.59. The summed E-state index contributed by atoms with van der Waals surface area (Å²) in [7, 11) is 0. The maximum Gasteiger partial charge on any atom is 0.126 e. The van der Waals surface area contributed by atoms with Crippen LogP contribution in [0.1, 0.15) is 52.8 Å². The standard InChI is InChI=1S/C5H7NO.3C2H6/c1-4-3-7-6-5(4)2;3*1-2/h3H,1-2H3;3*1-2H3. The molecule has 1 rings (SSSR count). The van der Waals surface area contributed by atoms with Crippen LogP contribution in [-0.4, -0.2) is 5.16 Å². The number of hydrogen-bond donors (Lipinski definition) is 0. The second kappa shape index (κ2) is 17.3. The van der Waals surface area contributed by atoms with Crippen LogP contribution in [0.4, 0.5) is 0 Å². The molecule has 2 nitrogen and oxygen atoms in total. The Morgan fingerprint density at radius 3 is 1.38 bits per heavy atom.